The highest BCUT2D eigenvalue weighted by Gasteiger charge is 2.66. The number of aryl methyl sites for hydroxylation is 1. The summed E-state index contributed by atoms with van der Waals surface area (Å²) in [6.45, 7) is 11.6. The van der Waals surface area contributed by atoms with Crippen LogP contribution in [0.2, 0.25) is 0 Å². The zero-order valence-corrected chi connectivity index (χ0v) is 21.7. The van der Waals surface area contributed by atoms with E-state index in [2.05, 4.69) is 20.8 Å². The minimum absolute atomic E-state index is 0.0704. The standard InChI is InChI=1S/C30H44O3/c1-19-17-21(33-6)8-9-22(19)26(31)25-12-14-29(4)24-10-7-20-18-27(2,32)15-16-28(20,3)23(24)11-13-30(25,29)5/h8-9,17,20,23-25,32H,7,10-16,18H2,1-6H3/t20-,23+,24-,25-,27-,28+,29+,30-/m1/s1. The summed E-state index contributed by atoms with van der Waals surface area (Å²) < 4.78 is 5.37. The first-order chi connectivity index (χ1) is 15.5. The average Bonchev–Trinajstić information content (AvgIpc) is 3.05. The van der Waals surface area contributed by atoms with E-state index >= 15 is 0 Å². The molecule has 0 heterocycles. The molecule has 0 saturated heterocycles. The summed E-state index contributed by atoms with van der Waals surface area (Å²) >= 11 is 0. The zero-order chi connectivity index (χ0) is 23.8. The van der Waals surface area contributed by atoms with E-state index in [9.17, 15) is 9.90 Å². The third-order valence-electron chi connectivity index (χ3n) is 11.8. The normalized spacial score (nSPS) is 46.8. The number of hydrogen-bond acceptors (Lipinski definition) is 3. The Morgan fingerprint density at radius 1 is 0.939 bits per heavy atom. The second-order valence-corrected chi connectivity index (χ2v) is 13.2. The fourth-order valence-corrected chi connectivity index (χ4v) is 9.48. The van der Waals surface area contributed by atoms with Gasteiger partial charge in [-0.15, -0.1) is 0 Å². The van der Waals surface area contributed by atoms with Gasteiger partial charge in [0.1, 0.15) is 5.75 Å². The third-order valence-corrected chi connectivity index (χ3v) is 11.8. The number of carbonyl (C=O) groups is 1. The van der Waals surface area contributed by atoms with Crippen molar-refractivity contribution in [1.29, 1.82) is 0 Å². The van der Waals surface area contributed by atoms with Crippen molar-refractivity contribution in [3.8, 4) is 5.75 Å². The molecule has 4 saturated carbocycles. The summed E-state index contributed by atoms with van der Waals surface area (Å²) in [4.78, 5) is 13.9. The Bertz CT molecular complexity index is 950. The number of hydrogen-bond donors (Lipinski definition) is 1. The molecule has 3 nitrogen and oxygen atoms in total. The number of aliphatic hydroxyl groups is 1. The predicted octanol–water partition coefficient (Wildman–Crippen LogP) is 6.99. The van der Waals surface area contributed by atoms with Crippen molar-refractivity contribution in [3.05, 3.63) is 29.3 Å². The van der Waals surface area contributed by atoms with Gasteiger partial charge in [-0.25, -0.2) is 0 Å². The molecule has 0 bridgehead atoms. The van der Waals surface area contributed by atoms with E-state index in [-0.39, 0.29) is 16.7 Å². The monoisotopic (exact) mass is 452 g/mol. The lowest BCUT2D eigenvalue weighted by atomic mass is 9.40. The number of methoxy groups -OCH3 is 1. The van der Waals surface area contributed by atoms with Gasteiger partial charge in [-0.1, -0.05) is 20.8 Å². The molecule has 1 aromatic rings. The van der Waals surface area contributed by atoms with Crippen molar-refractivity contribution in [3.63, 3.8) is 0 Å². The Kier molecular flexibility index (Phi) is 5.37. The van der Waals surface area contributed by atoms with Gasteiger partial charge in [0, 0.05) is 11.5 Å². The SMILES string of the molecule is COc1ccc(C(=O)[C@H]2CC[C@@]3(C)[C@@H]4CC[C@@H]5C[C@](C)(O)CC[C@]5(C)[C@H]4CC[C@]23C)c(C)c1. The summed E-state index contributed by atoms with van der Waals surface area (Å²) in [6, 6.07) is 5.93. The molecule has 3 heteroatoms. The Morgan fingerprint density at radius 3 is 2.36 bits per heavy atom. The smallest absolute Gasteiger partial charge is 0.166 e. The maximum atomic E-state index is 13.9. The Balaban J connectivity index is 1.44. The van der Waals surface area contributed by atoms with Gasteiger partial charge in [0.25, 0.3) is 0 Å². The highest BCUT2D eigenvalue weighted by molar-refractivity contribution is 6.00. The second-order valence-electron chi connectivity index (χ2n) is 13.2. The van der Waals surface area contributed by atoms with Gasteiger partial charge < -0.3 is 9.84 Å². The number of rotatable bonds is 3. The van der Waals surface area contributed by atoms with Gasteiger partial charge in [-0.2, -0.15) is 0 Å². The topological polar surface area (TPSA) is 46.5 Å². The minimum atomic E-state index is -0.481. The number of ketones is 1. The van der Waals surface area contributed by atoms with Crippen LogP contribution in [-0.4, -0.2) is 23.6 Å². The first-order valence-corrected chi connectivity index (χ1v) is 13.4. The largest absolute Gasteiger partial charge is 0.497 e. The van der Waals surface area contributed by atoms with Crippen LogP contribution in [0.1, 0.15) is 101 Å². The summed E-state index contributed by atoms with van der Waals surface area (Å²) in [5.41, 5.74) is 2.09. The molecule has 1 N–H and O–H groups in total. The van der Waals surface area contributed by atoms with Crippen LogP contribution in [0.3, 0.4) is 0 Å². The molecular weight excluding hydrogens is 408 g/mol. The molecule has 0 radical (unpaired) electrons. The first kappa shape index (κ1) is 23.4. The van der Waals surface area contributed by atoms with Gasteiger partial charge in [0.15, 0.2) is 5.78 Å². The van der Waals surface area contributed by atoms with Gasteiger partial charge in [-0.05, 0) is 129 Å². The van der Waals surface area contributed by atoms with E-state index < -0.39 is 5.60 Å². The minimum Gasteiger partial charge on any atom is -0.497 e. The van der Waals surface area contributed by atoms with Gasteiger partial charge in [-0.3, -0.25) is 4.79 Å². The van der Waals surface area contributed by atoms with Crippen LogP contribution in [-0.2, 0) is 0 Å². The molecule has 0 aliphatic heterocycles. The van der Waals surface area contributed by atoms with Crippen molar-refractivity contribution in [1.82, 2.24) is 0 Å². The van der Waals surface area contributed by atoms with Crippen molar-refractivity contribution in [2.24, 2.45) is 39.9 Å². The molecule has 4 aliphatic rings. The Hall–Kier alpha value is -1.35. The molecule has 8 atom stereocenters. The van der Waals surface area contributed by atoms with E-state index in [0.29, 0.717) is 23.0 Å². The average molecular weight is 453 g/mol. The summed E-state index contributed by atoms with van der Waals surface area (Å²) in [5, 5.41) is 10.8. The van der Waals surface area contributed by atoms with Gasteiger partial charge >= 0.3 is 0 Å². The van der Waals surface area contributed by atoms with Gasteiger partial charge in [0.05, 0.1) is 12.7 Å². The van der Waals surface area contributed by atoms with Crippen LogP contribution in [0.15, 0.2) is 18.2 Å². The van der Waals surface area contributed by atoms with Crippen LogP contribution in [0.4, 0.5) is 0 Å². The molecule has 0 amide bonds. The van der Waals surface area contributed by atoms with Crippen LogP contribution in [0.25, 0.3) is 0 Å². The molecule has 0 spiro atoms. The first-order valence-electron chi connectivity index (χ1n) is 13.4. The highest BCUT2D eigenvalue weighted by atomic mass is 16.5. The molecule has 4 fully saturated rings. The molecule has 0 aromatic heterocycles. The Labute approximate surface area is 200 Å². The van der Waals surface area contributed by atoms with Crippen molar-refractivity contribution in [2.75, 3.05) is 7.11 Å². The fourth-order valence-electron chi connectivity index (χ4n) is 9.48. The number of ether oxygens (including phenoxy) is 1. The van der Waals surface area contributed by atoms with Crippen LogP contribution in [0, 0.1) is 46.8 Å². The highest BCUT2D eigenvalue weighted by Crippen LogP contribution is 2.73. The molecule has 1 aromatic carbocycles. The number of benzene rings is 1. The lowest BCUT2D eigenvalue weighted by molar-refractivity contribution is -0.172. The maximum absolute atomic E-state index is 13.9. The van der Waals surface area contributed by atoms with Crippen LogP contribution < -0.4 is 4.74 Å². The van der Waals surface area contributed by atoms with E-state index in [1.165, 1.54) is 25.7 Å². The third kappa shape index (κ3) is 3.27. The van der Waals surface area contributed by atoms with E-state index in [1.807, 2.05) is 32.0 Å². The van der Waals surface area contributed by atoms with E-state index in [4.69, 9.17) is 4.74 Å². The zero-order valence-electron chi connectivity index (χ0n) is 21.7. The number of fused-ring (bicyclic) bond motifs is 5. The molecule has 4 aliphatic carbocycles. The van der Waals surface area contributed by atoms with Crippen molar-refractivity contribution < 1.29 is 14.6 Å². The molecule has 182 valence electrons. The quantitative estimate of drug-likeness (QED) is 0.503. The van der Waals surface area contributed by atoms with Crippen molar-refractivity contribution >= 4 is 5.78 Å². The fraction of sp³-hybridized carbons (Fsp3) is 0.767. The molecule has 33 heavy (non-hydrogen) atoms. The second kappa shape index (κ2) is 7.57. The molecular formula is C30H44O3. The summed E-state index contributed by atoms with van der Waals surface area (Å²) in [5.74, 6) is 3.39. The lowest BCUT2D eigenvalue weighted by Crippen LogP contribution is -2.59. The number of Topliss-reactive ketones (excluding diaryl/α,β-unsaturated/α-hetero) is 1. The summed E-state index contributed by atoms with van der Waals surface area (Å²) in [6.07, 6.45) is 10.2. The van der Waals surface area contributed by atoms with E-state index in [0.717, 1.165) is 54.9 Å². The van der Waals surface area contributed by atoms with E-state index in [1.54, 1.807) is 7.11 Å². The molecule has 5 rings (SSSR count). The lowest BCUT2D eigenvalue weighted by Gasteiger charge is -2.65. The van der Waals surface area contributed by atoms with Crippen molar-refractivity contribution in [2.45, 2.75) is 98.0 Å². The van der Waals surface area contributed by atoms with Crippen LogP contribution >= 0.6 is 0 Å². The number of carbonyl (C=O) groups excluding carboxylic acids is 1. The summed E-state index contributed by atoms with van der Waals surface area (Å²) in [7, 11) is 1.68. The predicted molar refractivity (Wildman–Crippen MR) is 133 cm³/mol. The molecule has 0 unspecified atom stereocenters. The Morgan fingerprint density at radius 2 is 1.67 bits per heavy atom. The van der Waals surface area contributed by atoms with Gasteiger partial charge in [0.2, 0.25) is 0 Å². The van der Waals surface area contributed by atoms with Crippen LogP contribution in [0.5, 0.6) is 5.75 Å². The maximum Gasteiger partial charge on any atom is 0.166 e.